The van der Waals surface area contributed by atoms with Gasteiger partial charge in [0.2, 0.25) is 21.8 Å². The maximum atomic E-state index is 13.9. The first kappa shape index (κ1) is 32.9. The topological polar surface area (TPSA) is 96.0 Å². The molecule has 3 aromatic carbocycles. The molecule has 1 N–H and O–H groups in total. The first-order valence-corrected chi connectivity index (χ1v) is 16.2. The second-order valence-electron chi connectivity index (χ2n) is 10.3. The molecular weight excluding hydrogens is 574 g/mol. The zero-order valence-corrected chi connectivity index (χ0v) is 26.2. The van der Waals surface area contributed by atoms with E-state index in [0.29, 0.717) is 24.4 Å². The van der Waals surface area contributed by atoms with Gasteiger partial charge in [0.25, 0.3) is 0 Å². The summed E-state index contributed by atoms with van der Waals surface area (Å²) in [6.07, 6.45) is 2.54. The van der Waals surface area contributed by atoms with Crippen LogP contribution in [0.15, 0.2) is 72.8 Å². The van der Waals surface area contributed by atoms with Crippen molar-refractivity contribution in [3.8, 4) is 5.75 Å². The first-order valence-electron chi connectivity index (χ1n) is 14.0. The van der Waals surface area contributed by atoms with Crippen LogP contribution in [0.3, 0.4) is 0 Å². The molecule has 0 heterocycles. The summed E-state index contributed by atoms with van der Waals surface area (Å²) in [5, 5.41) is 3.25. The quantitative estimate of drug-likeness (QED) is 0.249. The molecule has 42 heavy (non-hydrogen) atoms. The number of amides is 2. The molecule has 0 spiro atoms. The average molecular weight is 614 g/mol. The second kappa shape index (κ2) is 15.6. The highest BCUT2D eigenvalue weighted by molar-refractivity contribution is 7.92. The van der Waals surface area contributed by atoms with Gasteiger partial charge >= 0.3 is 0 Å². The monoisotopic (exact) mass is 613 g/mol. The van der Waals surface area contributed by atoms with E-state index in [1.165, 1.54) is 17.5 Å². The second-order valence-corrected chi connectivity index (χ2v) is 12.6. The number of anilines is 1. The summed E-state index contributed by atoms with van der Waals surface area (Å²) in [6.45, 7) is 4.79. The van der Waals surface area contributed by atoms with Crippen LogP contribution in [0.1, 0.15) is 42.9 Å². The van der Waals surface area contributed by atoms with Crippen LogP contribution in [0.4, 0.5) is 5.69 Å². The Morgan fingerprint density at radius 1 is 1.00 bits per heavy atom. The van der Waals surface area contributed by atoms with E-state index in [2.05, 4.69) is 5.32 Å². The molecule has 0 aliphatic carbocycles. The van der Waals surface area contributed by atoms with E-state index in [9.17, 15) is 18.0 Å². The van der Waals surface area contributed by atoms with Crippen LogP contribution in [0, 0.1) is 6.92 Å². The van der Waals surface area contributed by atoms with Gasteiger partial charge in [-0.05, 0) is 49.1 Å². The van der Waals surface area contributed by atoms with Crippen LogP contribution in [0.25, 0.3) is 0 Å². The highest BCUT2D eigenvalue weighted by atomic mass is 35.5. The fraction of sp³-hybridized carbons (Fsp3) is 0.375. The van der Waals surface area contributed by atoms with Gasteiger partial charge in [-0.25, -0.2) is 8.42 Å². The number of rotatable bonds is 15. The van der Waals surface area contributed by atoms with Crippen LogP contribution in [-0.4, -0.2) is 57.6 Å². The van der Waals surface area contributed by atoms with Crippen molar-refractivity contribution in [2.24, 2.45) is 0 Å². The third-order valence-electron chi connectivity index (χ3n) is 6.87. The van der Waals surface area contributed by atoms with Gasteiger partial charge in [-0.3, -0.25) is 13.9 Å². The van der Waals surface area contributed by atoms with E-state index in [1.54, 1.807) is 17.0 Å². The maximum absolute atomic E-state index is 13.9. The van der Waals surface area contributed by atoms with E-state index in [4.69, 9.17) is 16.3 Å². The summed E-state index contributed by atoms with van der Waals surface area (Å²) in [7, 11) is -2.18. The first-order chi connectivity index (χ1) is 20.0. The number of halogens is 1. The van der Waals surface area contributed by atoms with Gasteiger partial charge in [0.05, 0.1) is 24.1 Å². The molecule has 226 valence electrons. The van der Waals surface area contributed by atoms with Crippen LogP contribution in [0.2, 0.25) is 5.02 Å². The molecule has 0 fully saturated rings. The van der Waals surface area contributed by atoms with E-state index < -0.39 is 16.1 Å². The van der Waals surface area contributed by atoms with Crippen molar-refractivity contribution in [1.29, 1.82) is 0 Å². The molecule has 0 aliphatic heterocycles. The smallest absolute Gasteiger partial charge is 0.243 e. The summed E-state index contributed by atoms with van der Waals surface area (Å²) in [5.41, 5.74) is 3.32. The SMILES string of the molecule is CCCNC(=O)[C@@H](Cc1ccccc1)N(Cc1ccc(C)cc1)C(=O)CCCN(c1ccc(OC)c(Cl)c1)S(C)(=O)=O. The lowest BCUT2D eigenvalue weighted by Crippen LogP contribution is -2.50. The Hall–Kier alpha value is -3.56. The minimum absolute atomic E-state index is 0.0497. The summed E-state index contributed by atoms with van der Waals surface area (Å²) < 4.78 is 31.8. The van der Waals surface area contributed by atoms with Crippen molar-refractivity contribution in [2.75, 3.05) is 30.8 Å². The number of carbonyl (C=O) groups excluding carboxylic acids is 2. The number of nitrogens with zero attached hydrogens (tertiary/aromatic N) is 2. The Labute approximate surface area is 254 Å². The molecule has 0 saturated heterocycles. The number of hydrogen-bond acceptors (Lipinski definition) is 5. The van der Waals surface area contributed by atoms with E-state index in [1.807, 2.05) is 68.4 Å². The third-order valence-corrected chi connectivity index (χ3v) is 8.36. The largest absolute Gasteiger partial charge is 0.495 e. The standard InChI is InChI=1S/C32H40ClN3O5S/c1-5-19-34-32(38)29(21-25-10-7-6-8-11-25)35(23-26-15-13-24(2)14-16-26)31(37)12-9-20-36(42(4,39)40)27-17-18-30(41-3)28(33)22-27/h6-8,10-11,13-18,22,29H,5,9,12,19-21,23H2,1-4H3,(H,34,38)/t29-/m1/s1. The number of aryl methyl sites for hydroxylation is 1. The fourth-order valence-corrected chi connectivity index (χ4v) is 5.83. The van der Waals surface area contributed by atoms with Crippen LogP contribution in [0.5, 0.6) is 5.75 Å². The van der Waals surface area contributed by atoms with Gasteiger partial charge in [0, 0.05) is 32.5 Å². The minimum Gasteiger partial charge on any atom is -0.495 e. The molecular formula is C32H40ClN3O5S. The molecule has 0 radical (unpaired) electrons. The number of ether oxygens (including phenoxy) is 1. The number of sulfonamides is 1. The molecule has 0 bridgehead atoms. The average Bonchev–Trinajstić information content (AvgIpc) is 2.96. The predicted molar refractivity (Wildman–Crippen MR) is 168 cm³/mol. The molecule has 0 aliphatic rings. The molecule has 0 saturated carbocycles. The van der Waals surface area contributed by atoms with Crippen LogP contribution in [-0.2, 0) is 32.6 Å². The van der Waals surface area contributed by atoms with Crippen molar-refractivity contribution < 1.29 is 22.7 Å². The summed E-state index contributed by atoms with van der Waals surface area (Å²) in [6, 6.07) is 21.5. The number of benzene rings is 3. The van der Waals surface area contributed by atoms with Crippen molar-refractivity contribution in [2.45, 2.75) is 52.1 Å². The molecule has 3 aromatic rings. The van der Waals surface area contributed by atoms with Crippen LogP contribution < -0.4 is 14.4 Å². The van der Waals surface area contributed by atoms with Crippen LogP contribution >= 0.6 is 11.6 Å². The lowest BCUT2D eigenvalue weighted by molar-refractivity contribution is -0.141. The van der Waals surface area contributed by atoms with Gasteiger partial charge in [0.15, 0.2) is 0 Å². The molecule has 8 nitrogen and oxygen atoms in total. The lowest BCUT2D eigenvalue weighted by Gasteiger charge is -2.32. The molecule has 0 aromatic heterocycles. The Balaban J connectivity index is 1.87. The van der Waals surface area contributed by atoms with Crippen molar-refractivity contribution >= 4 is 39.1 Å². The van der Waals surface area contributed by atoms with E-state index >= 15 is 0 Å². The molecule has 1 atom stereocenters. The minimum atomic E-state index is -3.66. The Kier molecular flexibility index (Phi) is 12.2. The van der Waals surface area contributed by atoms with E-state index in [0.717, 1.165) is 29.4 Å². The zero-order valence-electron chi connectivity index (χ0n) is 24.7. The number of hydrogen-bond donors (Lipinski definition) is 1. The Bertz CT molecular complexity index is 1430. The summed E-state index contributed by atoms with van der Waals surface area (Å²) in [5.74, 6) is -0.0160. The molecule has 3 rings (SSSR count). The highest BCUT2D eigenvalue weighted by Crippen LogP contribution is 2.30. The maximum Gasteiger partial charge on any atom is 0.243 e. The van der Waals surface area contributed by atoms with Gasteiger partial charge < -0.3 is 15.0 Å². The number of methoxy groups -OCH3 is 1. The van der Waals surface area contributed by atoms with Gasteiger partial charge in [-0.1, -0.05) is 78.7 Å². The highest BCUT2D eigenvalue weighted by Gasteiger charge is 2.30. The number of carbonyl (C=O) groups is 2. The third kappa shape index (κ3) is 9.49. The molecule has 2 amide bonds. The van der Waals surface area contributed by atoms with Crippen molar-refractivity contribution in [3.63, 3.8) is 0 Å². The zero-order chi connectivity index (χ0) is 30.7. The molecule has 10 heteroatoms. The van der Waals surface area contributed by atoms with Gasteiger partial charge in [-0.2, -0.15) is 0 Å². The predicted octanol–water partition coefficient (Wildman–Crippen LogP) is 5.37. The number of nitrogens with one attached hydrogen (secondary N) is 1. The van der Waals surface area contributed by atoms with Gasteiger partial charge in [-0.15, -0.1) is 0 Å². The van der Waals surface area contributed by atoms with E-state index in [-0.39, 0.29) is 42.8 Å². The van der Waals surface area contributed by atoms with Gasteiger partial charge in [0.1, 0.15) is 11.8 Å². The fourth-order valence-electron chi connectivity index (χ4n) is 4.62. The van der Waals surface area contributed by atoms with Crippen molar-refractivity contribution in [3.05, 3.63) is 94.5 Å². The summed E-state index contributed by atoms with van der Waals surface area (Å²) >= 11 is 6.26. The lowest BCUT2D eigenvalue weighted by atomic mass is 10.0. The Morgan fingerprint density at radius 3 is 2.29 bits per heavy atom. The normalized spacial score (nSPS) is 11.9. The Morgan fingerprint density at radius 2 is 1.69 bits per heavy atom. The van der Waals surface area contributed by atoms with Crippen molar-refractivity contribution in [1.82, 2.24) is 10.2 Å². The summed E-state index contributed by atoms with van der Waals surface area (Å²) in [4.78, 5) is 29.0. The molecule has 0 unspecified atom stereocenters.